The lowest BCUT2D eigenvalue weighted by molar-refractivity contribution is -0.144. The maximum Gasteiger partial charge on any atom is 0.257 e. The van der Waals surface area contributed by atoms with Crippen molar-refractivity contribution in [3.63, 3.8) is 0 Å². The third kappa shape index (κ3) is 12.7. The van der Waals surface area contributed by atoms with Crippen molar-refractivity contribution in [2.24, 2.45) is 5.41 Å². The predicted molar refractivity (Wildman–Crippen MR) is 294 cm³/mol. The highest BCUT2D eigenvalue weighted by atomic mass is 32.1. The van der Waals surface area contributed by atoms with E-state index in [1.807, 2.05) is 87.5 Å². The molecule has 5 amide bonds. The number of ether oxygens (including phenoxy) is 1. The zero-order valence-electron chi connectivity index (χ0n) is 43.7. The number of aryl methyl sites for hydroxylation is 2. The molecule has 0 radical (unpaired) electrons. The highest BCUT2D eigenvalue weighted by Crippen LogP contribution is 2.33. The molecule has 3 aromatic carbocycles. The van der Waals surface area contributed by atoms with Crippen LogP contribution in [0.15, 0.2) is 102 Å². The fraction of sp³-hybridized carbons (Fsp3) is 0.375. The van der Waals surface area contributed by atoms with Crippen LogP contribution in [0.2, 0.25) is 0 Å². The number of hydrogen-bond donors (Lipinski definition) is 5. The van der Waals surface area contributed by atoms with E-state index in [9.17, 15) is 33.9 Å². The zero-order chi connectivity index (χ0) is 54.3. The second-order valence-electron chi connectivity index (χ2n) is 20.2. The van der Waals surface area contributed by atoms with E-state index in [0.717, 1.165) is 27.4 Å². The number of likely N-dealkylation sites (tertiary alicyclic amines) is 1. The molecule has 0 unspecified atom stereocenters. The van der Waals surface area contributed by atoms with Crippen LogP contribution in [0.4, 0.5) is 23.0 Å². The number of rotatable bonds is 18. The zero-order valence-corrected chi connectivity index (χ0v) is 44.5. The number of anilines is 4. The van der Waals surface area contributed by atoms with Crippen molar-refractivity contribution in [1.29, 1.82) is 0 Å². The molecule has 2 fully saturated rings. The molecule has 2 aliphatic heterocycles. The van der Waals surface area contributed by atoms with Gasteiger partial charge < -0.3 is 45.8 Å². The fourth-order valence-electron chi connectivity index (χ4n) is 9.53. The molecule has 20 heteroatoms. The van der Waals surface area contributed by atoms with Gasteiger partial charge in [-0.05, 0) is 85.2 Å². The average molecular weight is 1050 g/mol. The molecule has 5 heterocycles. The van der Waals surface area contributed by atoms with E-state index >= 15 is 0 Å². The lowest BCUT2D eigenvalue weighted by atomic mass is 9.85. The highest BCUT2D eigenvalue weighted by molar-refractivity contribution is 7.13. The van der Waals surface area contributed by atoms with Gasteiger partial charge in [0.1, 0.15) is 17.8 Å². The Balaban J connectivity index is 0.805. The van der Waals surface area contributed by atoms with Crippen LogP contribution in [0.3, 0.4) is 0 Å². The van der Waals surface area contributed by atoms with E-state index in [0.29, 0.717) is 78.4 Å². The van der Waals surface area contributed by atoms with Gasteiger partial charge in [-0.3, -0.25) is 33.3 Å². The number of amides is 5. The van der Waals surface area contributed by atoms with Crippen LogP contribution in [0.25, 0.3) is 27.2 Å². The number of aliphatic hydroxyl groups is 1. The number of thiazole rings is 1. The molecule has 6 aromatic rings. The third-order valence-corrected chi connectivity index (χ3v) is 14.7. The molecule has 3 aromatic heterocycles. The van der Waals surface area contributed by atoms with E-state index < -0.39 is 29.5 Å². The van der Waals surface area contributed by atoms with Crippen molar-refractivity contribution < 1.29 is 33.8 Å². The molecule has 19 nitrogen and oxygen atoms in total. The molecule has 5 N–H and O–H groups in total. The molecule has 0 aliphatic carbocycles. The summed E-state index contributed by atoms with van der Waals surface area (Å²) in [5.41, 5.74) is 7.27. The van der Waals surface area contributed by atoms with Gasteiger partial charge in [-0.1, -0.05) is 57.7 Å². The smallest absolute Gasteiger partial charge is 0.257 e. The first-order valence-corrected chi connectivity index (χ1v) is 26.2. The van der Waals surface area contributed by atoms with Crippen molar-refractivity contribution >= 4 is 74.9 Å². The Kier molecular flexibility index (Phi) is 16.9. The number of carbonyl (C=O) groups excluding carboxylic acids is 5. The van der Waals surface area contributed by atoms with Crippen LogP contribution in [0.5, 0.6) is 5.75 Å². The first kappa shape index (κ1) is 54.3. The number of unbranched alkanes of at least 4 members (excludes halogenated alkanes) is 1. The fourth-order valence-corrected chi connectivity index (χ4v) is 10.3. The normalized spacial score (nSPS) is 16.0. The Morgan fingerprint density at radius 2 is 1.68 bits per heavy atom. The number of aliphatic hydroxyl groups excluding tert-OH is 1. The summed E-state index contributed by atoms with van der Waals surface area (Å²) in [6.45, 7) is 15.3. The van der Waals surface area contributed by atoms with Gasteiger partial charge in [0.05, 0.1) is 40.7 Å². The van der Waals surface area contributed by atoms with Crippen molar-refractivity contribution in [3.8, 4) is 21.9 Å². The Labute approximate surface area is 445 Å². The van der Waals surface area contributed by atoms with Crippen LogP contribution < -0.4 is 36.5 Å². The lowest BCUT2D eigenvalue weighted by Crippen LogP contribution is -2.57. The molecule has 8 rings (SSSR count). The van der Waals surface area contributed by atoms with E-state index in [1.54, 1.807) is 48.9 Å². The Hall–Kier alpha value is -7.97. The summed E-state index contributed by atoms with van der Waals surface area (Å²) in [6.07, 6.45) is 3.34. The van der Waals surface area contributed by atoms with E-state index in [-0.39, 0.29) is 67.5 Å². The number of methoxy groups -OCH3 is 1. The summed E-state index contributed by atoms with van der Waals surface area (Å²) in [5.74, 6) is -0.741. The van der Waals surface area contributed by atoms with Crippen molar-refractivity contribution in [1.82, 2.24) is 40.0 Å². The molecular formula is C56H65N11O8S. The minimum atomic E-state index is -0.949. The number of fused-ring (bicyclic) bond motifs is 1. The Morgan fingerprint density at radius 1 is 0.934 bits per heavy atom. The van der Waals surface area contributed by atoms with Crippen molar-refractivity contribution in [2.45, 2.75) is 91.5 Å². The molecule has 0 saturated carbocycles. The summed E-state index contributed by atoms with van der Waals surface area (Å²) in [5, 5.41) is 23.1. The van der Waals surface area contributed by atoms with Gasteiger partial charge in [0.2, 0.25) is 35.5 Å². The minimum Gasteiger partial charge on any atom is -0.494 e. The summed E-state index contributed by atoms with van der Waals surface area (Å²) in [4.78, 5) is 99.9. The first-order valence-electron chi connectivity index (χ1n) is 25.4. The largest absolute Gasteiger partial charge is 0.494 e. The number of aromatic nitrogens is 4. The maximum atomic E-state index is 14.1. The van der Waals surface area contributed by atoms with Gasteiger partial charge >= 0.3 is 0 Å². The van der Waals surface area contributed by atoms with Gasteiger partial charge in [-0.15, -0.1) is 11.3 Å². The Morgan fingerprint density at radius 3 is 2.38 bits per heavy atom. The second kappa shape index (κ2) is 23.7. The number of pyridine rings is 1. The maximum absolute atomic E-state index is 14.1. The van der Waals surface area contributed by atoms with Crippen LogP contribution >= 0.6 is 11.3 Å². The summed E-state index contributed by atoms with van der Waals surface area (Å²) < 4.78 is 7.26. The highest BCUT2D eigenvalue weighted by Gasteiger charge is 2.44. The van der Waals surface area contributed by atoms with Gasteiger partial charge in [-0.25, -0.2) is 9.97 Å². The molecule has 3 atom stereocenters. The molecule has 0 spiro atoms. The molecule has 76 heavy (non-hydrogen) atoms. The van der Waals surface area contributed by atoms with Crippen LogP contribution in [-0.4, -0.2) is 122 Å². The van der Waals surface area contributed by atoms with E-state index in [1.165, 1.54) is 21.6 Å². The summed E-state index contributed by atoms with van der Waals surface area (Å²) in [6, 6.07) is 20.1. The van der Waals surface area contributed by atoms with Gasteiger partial charge in [0.25, 0.3) is 5.56 Å². The summed E-state index contributed by atoms with van der Waals surface area (Å²) in [7, 11) is 1.57. The molecular weight excluding hydrogens is 987 g/mol. The van der Waals surface area contributed by atoms with Crippen LogP contribution in [-0.2, 0) is 30.5 Å². The lowest BCUT2D eigenvalue weighted by Gasteiger charge is -2.36. The van der Waals surface area contributed by atoms with E-state index in [4.69, 9.17) is 9.72 Å². The topological polar surface area (TPSA) is 233 Å². The minimum absolute atomic E-state index is 0.00281. The van der Waals surface area contributed by atoms with Crippen molar-refractivity contribution in [2.75, 3.05) is 55.4 Å². The Bertz CT molecular complexity index is 3200. The molecule has 398 valence electrons. The number of nitrogens with zero attached hydrogens (tertiary/aromatic N) is 7. The predicted octanol–water partition coefficient (Wildman–Crippen LogP) is 6.42. The molecule has 0 bridgehead atoms. The van der Waals surface area contributed by atoms with Gasteiger partial charge in [0.15, 0.2) is 5.65 Å². The number of piperazine rings is 1. The summed E-state index contributed by atoms with van der Waals surface area (Å²) >= 11 is 1.57. The number of β-amino-alcohol motifs (C(OH)–C–C–N with tert-alkyl or cyclic N) is 1. The van der Waals surface area contributed by atoms with Crippen molar-refractivity contribution in [3.05, 3.63) is 124 Å². The van der Waals surface area contributed by atoms with E-state index in [2.05, 4.69) is 42.7 Å². The standard InChI is InChI=1S/C56H65N11O8S/c1-8-46(69)60-38-12-11-13-40(27-38)67-49(72)26-34(2)42-31-58-55(63-52(42)67)61-43-21-20-39(28-45(43)75-7)64-22-24-65(25-23-64)48(71)15-10-9-14-47(70)62-51(56(4,5)6)54(74)66-32-41(68)29-44(66)53(73)57-30-36-16-18-37(19-17-36)50-35(3)59-33-76-50/h8,11-13,16-21,26-28,31,33,41,44,51,68H,1,9-10,14-15,22-25,29-30,32H2,2-7H3,(H,57,73)(H,60,69)(H,62,70)(H,58,61,63)/t41-,44+,51-/m1/s1. The van der Waals surface area contributed by atoms with Crippen LogP contribution in [0, 0.1) is 19.3 Å². The number of carbonyl (C=O) groups is 5. The molecule has 2 saturated heterocycles. The monoisotopic (exact) mass is 1050 g/mol. The van der Waals surface area contributed by atoms with Crippen LogP contribution in [0.1, 0.15) is 69.7 Å². The quantitative estimate of drug-likeness (QED) is 0.0463. The number of nitrogens with one attached hydrogen (secondary N) is 4. The number of benzene rings is 3. The van der Waals surface area contributed by atoms with Gasteiger partial charge in [0, 0.05) is 93.6 Å². The third-order valence-electron chi connectivity index (χ3n) is 13.7. The van der Waals surface area contributed by atoms with Gasteiger partial charge in [-0.2, -0.15) is 4.98 Å². The number of hydrogen-bond acceptors (Lipinski definition) is 14. The SMILES string of the molecule is C=CC(=O)Nc1cccc(-n2c(=O)cc(C)c3cnc(Nc4ccc(N5CCN(C(=O)CCCCC(=O)N[C@H](C(=O)N6C[C@H](O)C[C@H]6C(=O)NCc6ccc(-c7scnc7C)cc6)C(C)(C)C)CC5)cc4OC)nc32)c1. The second-order valence-corrected chi connectivity index (χ2v) is 21.1. The average Bonchev–Trinajstić information content (AvgIpc) is 4.05. The molecule has 2 aliphatic rings. The first-order chi connectivity index (χ1) is 36.4.